The highest BCUT2D eigenvalue weighted by Gasteiger charge is 2.29. The van der Waals surface area contributed by atoms with Gasteiger partial charge in [0.05, 0.1) is 10.2 Å². The number of hydrogen-bond acceptors (Lipinski definition) is 6. The molecule has 0 radical (unpaired) electrons. The minimum atomic E-state index is -4.01. The monoisotopic (exact) mass is 310 g/mol. The molecule has 0 amide bonds. The minimum Gasteiger partial charge on any atom is -0.360 e. The van der Waals surface area contributed by atoms with Crippen molar-refractivity contribution in [3.8, 4) is 0 Å². The molecule has 104 valence electrons. The Kier molecular flexibility index (Phi) is 2.80. The SMILES string of the molecule is Cc1noc(C)c1S(=O)(=O)n1c(=O)sc2ccccc21. The number of rotatable bonds is 2. The van der Waals surface area contributed by atoms with E-state index >= 15 is 0 Å². The van der Waals surface area contributed by atoms with Crippen molar-refractivity contribution in [1.82, 2.24) is 9.13 Å². The second-order valence-corrected chi connectivity index (χ2v) is 6.98. The molecule has 6 nitrogen and oxygen atoms in total. The van der Waals surface area contributed by atoms with Crippen LogP contribution < -0.4 is 4.87 Å². The molecule has 0 N–H and O–H groups in total. The summed E-state index contributed by atoms with van der Waals surface area (Å²) >= 11 is 0.892. The molecular weight excluding hydrogens is 300 g/mol. The van der Waals surface area contributed by atoms with Gasteiger partial charge in [-0.25, -0.2) is 8.42 Å². The van der Waals surface area contributed by atoms with E-state index in [0.29, 0.717) is 10.2 Å². The van der Waals surface area contributed by atoms with Gasteiger partial charge in [-0.15, -0.1) is 0 Å². The van der Waals surface area contributed by atoms with Crippen LogP contribution in [0.5, 0.6) is 0 Å². The molecule has 0 spiro atoms. The molecule has 3 aromatic rings. The molecule has 2 heterocycles. The van der Waals surface area contributed by atoms with Gasteiger partial charge in [-0.3, -0.25) is 4.79 Å². The van der Waals surface area contributed by atoms with Crippen molar-refractivity contribution < 1.29 is 12.9 Å². The second kappa shape index (κ2) is 4.29. The summed E-state index contributed by atoms with van der Waals surface area (Å²) in [7, 11) is -4.01. The molecule has 0 atom stereocenters. The van der Waals surface area contributed by atoms with Crippen molar-refractivity contribution in [2.75, 3.05) is 0 Å². The number of para-hydroxylation sites is 1. The quantitative estimate of drug-likeness (QED) is 0.722. The first kappa shape index (κ1) is 13.1. The first-order chi connectivity index (χ1) is 9.43. The van der Waals surface area contributed by atoms with E-state index < -0.39 is 14.9 Å². The third-order valence-corrected chi connectivity index (χ3v) is 5.89. The fourth-order valence-electron chi connectivity index (χ4n) is 2.11. The fraction of sp³-hybridized carbons (Fsp3) is 0.167. The van der Waals surface area contributed by atoms with Gasteiger partial charge in [0.15, 0.2) is 10.7 Å². The maximum Gasteiger partial charge on any atom is 0.322 e. The van der Waals surface area contributed by atoms with E-state index in [1.165, 1.54) is 13.8 Å². The van der Waals surface area contributed by atoms with E-state index in [-0.39, 0.29) is 16.3 Å². The summed E-state index contributed by atoms with van der Waals surface area (Å²) in [6.07, 6.45) is 0. The number of thiazole rings is 1. The summed E-state index contributed by atoms with van der Waals surface area (Å²) in [5.74, 6) is 0.171. The van der Waals surface area contributed by atoms with Crippen LogP contribution in [0.15, 0.2) is 38.5 Å². The summed E-state index contributed by atoms with van der Waals surface area (Å²) in [5, 5.41) is 3.64. The predicted octanol–water partition coefficient (Wildman–Crippen LogP) is 1.90. The molecule has 0 saturated carbocycles. The molecule has 0 bridgehead atoms. The molecule has 1 aromatic carbocycles. The molecule has 2 aromatic heterocycles. The number of benzene rings is 1. The Hall–Kier alpha value is -1.93. The molecule has 0 aliphatic heterocycles. The lowest BCUT2D eigenvalue weighted by atomic mass is 10.3. The van der Waals surface area contributed by atoms with Crippen molar-refractivity contribution in [3.05, 3.63) is 45.4 Å². The Balaban J connectivity index is 2.42. The van der Waals surface area contributed by atoms with Crippen molar-refractivity contribution >= 4 is 31.6 Å². The van der Waals surface area contributed by atoms with Gasteiger partial charge < -0.3 is 4.52 Å². The van der Waals surface area contributed by atoms with Gasteiger partial charge in [-0.05, 0) is 26.0 Å². The average Bonchev–Trinajstić information content (AvgIpc) is 2.88. The predicted molar refractivity (Wildman–Crippen MR) is 74.6 cm³/mol. The van der Waals surface area contributed by atoms with Gasteiger partial charge >= 0.3 is 4.87 Å². The zero-order chi connectivity index (χ0) is 14.5. The van der Waals surface area contributed by atoms with Gasteiger partial charge in [0.25, 0.3) is 10.0 Å². The second-order valence-electron chi connectivity index (χ2n) is 4.26. The molecule has 0 fully saturated rings. The maximum absolute atomic E-state index is 12.7. The van der Waals surface area contributed by atoms with Crippen LogP contribution in [-0.2, 0) is 10.0 Å². The standard InChI is InChI=1S/C12H10N2O4S2/c1-7-11(8(2)18-13-7)20(16,17)14-9-5-3-4-6-10(9)19-12(14)15/h3-6H,1-2H3. The summed E-state index contributed by atoms with van der Waals surface area (Å²) in [6, 6.07) is 6.75. The Morgan fingerprint density at radius 3 is 2.60 bits per heavy atom. The van der Waals surface area contributed by atoms with E-state index in [0.717, 1.165) is 15.3 Å². The summed E-state index contributed by atoms with van der Waals surface area (Å²) in [5.41, 5.74) is 0.604. The van der Waals surface area contributed by atoms with Crippen LogP contribution in [0.3, 0.4) is 0 Å². The third-order valence-electron chi connectivity index (χ3n) is 2.91. The number of hydrogen-bond donors (Lipinski definition) is 0. The number of fused-ring (bicyclic) bond motifs is 1. The smallest absolute Gasteiger partial charge is 0.322 e. The molecule has 0 unspecified atom stereocenters. The minimum absolute atomic E-state index is 0.0526. The van der Waals surface area contributed by atoms with Crippen LogP contribution in [0.1, 0.15) is 11.5 Å². The molecule has 0 aliphatic rings. The van der Waals surface area contributed by atoms with Gasteiger partial charge in [-0.2, -0.15) is 3.97 Å². The summed E-state index contributed by atoms with van der Waals surface area (Å²) in [4.78, 5) is 11.5. The molecule has 0 aliphatic carbocycles. The highest BCUT2D eigenvalue weighted by atomic mass is 32.2. The average molecular weight is 310 g/mol. The topological polar surface area (TPSA) is 82.2 Å². The summed E-state index contributed by atoms with van der Waals surface area (Å²) in [6.45, 7) is 3.04. The van der Waals surface area contributed by atoms with Gasteiger partial charge in [0.1, 0.15) is 5.69 Å². The molecule has 0 saturated heterocycles. The first-order valence-electron chi connectivity index (χ1n) is 5.72. The zero-order valence-corrected chi connectivity index (χ0v) is 12.3. The lowest BCUT2D eigenvalue weighted by molar-refractivity contribution is 0.390. The van der Waals surface area contributed by atoms with E-state index in [1.54, 1.807) is 24.3 Å². The molecular formula is C12H10N2O4S2. The van der Waals surface area contributed by atoms with Gasteiger partial charge in [-0.1, -0.05) is 28.6 Å². The van der Waals surface area contributed by atoms with E-state index in [2.05, 4.69) is 5.16 Å². The Bertz CT molecular complexity index is 943. The van der Waals surface area contributed by atoms with Crippen molar-refractivity contribution in [2.45, 2.75) is 18.7 Å². The normalized spacial score (nSPS) is 12.1. The zero-order valence-electron chi connectivity index (χ0n) is 10.7. The van der Waals surface area contributed by atoms with Crippen LogP contribution in [0.2, 0.25) is 0 Å². The largest absolute Gasteiger partial charge is 0.360 e. The van der Waals surface area contributed by atoms with Crippen LogP contribution in [0.25, 0.3) is 10.2 Å². The highest BCUT2D eigenvalue weighted by molar-refractivity contribution is 7.90. The molecule has 8 heteroatoms. The van der Waals surface area contributed by atoms with Gasteiger partial charge in [0, 0.05) is 0 Å². The highest BCUT2D eigenvalue weighted by Crippen LogP contribution is 2.25. The van der Waals surface area contributed by atoms with Crippen molar-refractivity contribution in [1.29, 1.82) is 0 Å². The molecule has 20 heavy (non-hydrogen) atoms. The Morgan fingerprint density at radius 2 is 1.95 bits per heavy atom. The number of aryl methyl sites for hydroxylation is 2. The van der Waals surface area contributed by atoms with E-state index in [9.17, 15) is 13.2 Å². The Morgan fingerprint density at radius 1 is 1.25 bits per heavy atom. The first-order valence-corrected chi connectivity index (χ1v) is 7.97. The number of aromatic nitrogens is 2. The van der Waals surface area contributed by atoms with E-state index in [1.807, 2.05) is 0 Å². The third kappa shape index (κ3) is 1.72. The summed E-state index contributed by atoms with van der Waals surface area (Å²) < 4.78 is 31.7. The lowest BCUT2D eigenvalue weighted by Gasteiger charge is -2.04. The fourth-order valence-corrected chi connectivity index (χ4v) is 4.96. The van der Waals surface area contributed by atoms with Crippen molar-refractivity contribution in [3.63, 3.8) is 0 Å². The molecule has 3 rings (SSSR count). The van der Waals surface area contributed by atoms with E-state index in [4.69, 9.17) is 4.52 Å². The Labute approximate surface area is 118 Å². The van der Waals surface area contributed by atoms with Crippen LogP contribution in [-0.4, -0.2) is 17.5 Å². The van der Waals surface area contributed by atoms with Crippen molar-refractivity contribution in [2.24, 2.45) is 0 Å². The maximum atomic E-state index is 12.7. The van der Waals surface area contributed by atoms with Crippen LogP contribution in [0, 0.1) is 13.8 Å². The van der Waals surface area contributed by atoms with Gasteiger partial charge in [0.2, 0.25) is 0 Å². The number of nitrogens with zero attached hydrogens (tertiary/aromatic N) is 2. The van der Waals surface area contributed by atoms with Crippen LogP contribution in [0.4, 0.5) is 0 Å². The van der Waals surface area contributed by atoms with Crippen LogP contribution >= 0.6 is 11.3 Å². The lowest BCUT2D eigenvalue weighted by Crippen LogP contribution is -2.23.